The highest BCUT2D eigenvalue weighted by atomic mass is 32.1. The molecule has 0 unspecified atom stereocenters. The van der Waals surface area contributed by atoms with Gasteiger partial charge in [0.05, 0.1) is 6.21 Å². The number of primary amides is 1. The fourth-order valence-electron chi connectivity index (χ4n) is 0.721. The van der Waals surface area contributed by atoms with Gasteiger partial charge in [-0.1, -0.05) is 0 Å². The quantitative estimate of drug-likeness (QED) is 0.409. The van der Waals surface area contributed by atoms with Crippen molar-refractivity contribution in [3.8, 4) is 0 Å². The lowest BCUT2D eigenvalue weighted by molar-refractivity contribution is -0.137. The Balaban J connectivity index is 2.54. The summed E-state index contributed by atoms with van der Waals surface area (Å²) in [5, 5.41) is 5.49. The second-order valence-electron chi connectivity index (χ2n) is 2.53. The van der Waals surface area contributed by atoms with Crippen LogP contribution in [-0.4, -0.2) is 18.0 Å². The Bertz CT molecular complexity index is 384. The van der Waals surface area contributed by atoms with Crippen LogP contribution in [0.25, 0.3) is 0 Å². The van der Waals surface area contributed by atoms with Gasteiger partial charge in [-0.05, 0) is 23.9 Å². The maximum absolute atomic E-state index is 10.7. The lowest BCUT2D eigenvalue weighted by Gasteiger charge is -1.92. The zero-order chi connectivity index (χ0) is 10.6. The molecule has 2 amide bonds. The smallest absolute Gasteiger partial charge is 0.329 e. The van der Waals surface area contributed by atoms with Crippen molar-refractivity contribution in [3.63, 3.8) is 0 Å². The number of hydrazone groups is 1. The molecule has 3 N–H and O–H groups in total. The van der Waals surface area contributed by atoms with Gasteiger partial charge in [0.2, 0.25) is 0 Å². The summed E-state index contributed by atoms with van der Waals surface area (Å²) in [4.78, 5) is 21.9. The zero-order valence-corrected chi connectivity index (χ0v) is 8.30. The van der Waals surface area contributed by atoms with Gasteiger partial charge in [0.25, 0.3) is 0 Å². The van der Waals surface area contributed by atoms with E-state index >= 15 is 0 Å². The van der Waals surface area contributed by atoms with Crippen LogP contribution in [0.15, 0.2) is 16.5 Å². The molecule has 1 aromatic rings. The van der Waals surface area contributed by atoms with Gasteiger partial charge in [0.15, 0.2) is 0 Å². The number of nitrogens with zero attached hydrogens (tertiary/aromatic N) is 1. The summed E-state index contributed by atoms with van der Waals surface area (Å²) < 4.78 is 0. The van der Waals surface area contributed by atoms with Crippen LogP contribution in [-0.2, 0) is 9.59 Å². The largest absolute Gasteiger partial charge is 0.361 e. The van der Waals surface area contributed by atoms with Crippen LogP contribution in [0.1, 0.15) is 10.4 Å². The predicted molar refractivity (Wildman–Crippen MR) is 54.0 cm³/mol. The topological polar surface area (TPSA) is 84.6 Å². The Labute approximate surface area is 84.6 Å². The molecule has 0 aliphatic rings. The Morgan fingerprint density at radius 1 is 1.64 bits per heavy atom. The van der Waals surface area contributed by atoms with Crippen molar-refractivity contribution in [2.45, 2.75) is 6.92 Å². The minimum atomic E-state index is -1.05. The molecule has 5 nitrogen and oxygen atoms in total. The number of hydrogen-bond donors (Lipinski definition) is 2. The van der Waals surface area contributed by atoms with Crippen LogP contribution in [0.3, 0.4) is 0 Å². The van der Waals surface area contributed by atoms with Crippen LogP contribution in [0.2, 0.25) is 0 Å². The van der Waals surface area contributed by atoms with Crippen molar-refractivity contribution in [2.24, 2.45) is 10.8 Å². The van der Waals surface area contributed by atoms with E-state index in [2.05, 4.69) is 5.10 Å². The molecule has 0 atom stereocenters. The van der Waals surface area contributed by atoms with Crippen LogP contribution >= 0.6 is 11.3 Å². The van der Waals surface area contributed by atoms with E-state index in [1.807, 2.05) is 23.8 Å². The van der Waals surface area contributed by atoms with E-state index in [0.717, 1.165) is 10.4 Å². The molecule has 1 heterocycles. The molecule has 0 aliphatic heterocycles. The van der Waals surface area contributed by atoms with Crippen LogP contribution < -0.4 is 11.2 Å². The second kappa shape index (κ2) is 4.52. The molecule has 0 saturated carbocycles. The van der Waals surface area contributed by atoms with E-state index in [1.165, 1.54) is 17.6 Å². The molecule has 0 aromatic carbocycles. The third-order valence-electron chi connectivity index (χ3n) is 1.47. The first kappa shape index (κ1) is 10.4. The lowest BCUT2D eigenvalue weighted by Crippen LogP contribution is -2.32. The molecule has 1 aromatic heterocycles. The maximum atomic E-state index is 10.7. The number of amides is 2. The zero-order valence-electron chi connectivity index (χ0n) is 7.48. The molecule has 0 spiro atoms. The SMILES string of the molecule is Cc1ccsc1C=NNC(=O)C(N)=O. The minimum Gasteiger partial charge on any atom is -0.361 e. The van der Waals surface area contributed by atoms with Gasteiger partial charge in [-0.25, -0.2) is 5.43 Å². The number of aryl methyl sites for hydroxylation is 1. The summed E-state index contributed by atoms with van der Waals surface area (Å²) in [6.07, 6.45) is 1.47. The third kappa shape index (κ3) is 2.67. The summed E-state index contributed by atoms with van der Waals surface area (Å²) in [6, 6.07) is 1.93. The van der Waals surface area contributed by atoms with Crippen LogP contribution in [0.5, 0.6) is 0 Å². The van der Waals surface area contributed by atoms with Crippen molar-refractivity contribution in [2.75, 3.05) is 0 Å². The predicted octanol–water partition coefficient (Wildman–Crippen LogP) is -0.00808. The van der Waals surface area contributed by atoms with Gasteiger partial charge < -0.3 is 5.73 Å². The Morgan fingerprint density at radius 3 is 2.86 bits per heavy atom. The molecule has 0 radical (unpaired) electrons. The molecular weight excluding hydrogens is 202 g/mol. The number of nitrogens with one attached hydrogen (secondary N) is 1. The summed E-state index contributed by atoms with van der Waals surface area (Å²) in [6.45, 7) is 1.92. The average Bonchev–Trinajstić information content (AvgIpc) is 2.51. The molecule has 0 saturated heterocycles. The number of carbonyl (C=O) groups is 2. The first-order valence-electron chi connectivity index (χ1n) is 3.78. The summed E-state index contributed by atoms with van der Waals surface area (Å²) in [5.41, 5.74) is 7.78. The highest BCUT2D eigenvalue weighted by molar-refractivity contribution is 7.11. The van der Waals surface area contributed by atoms with Crippen molar-refractivity contribution in [3.05, 3.63) is 21.9 Å². The van der Waals surface area contributed by atoms with E-state index in [1.54, 1.807) is 0 Å². The minimum absolute atomic E-state index is 0.921. The lowest BCUT2D eigenvalue weighted by atomic mass is 10.3. The van der Waals surface area contributed by atoms with Gasteiger partial charge in [-0.15, -0.1) is 11.3 Å². The number of thiophene rings is 1. The fraction of sp³-hybridized carbons (Fsp3) is 0.125. The Hall–Kier alpha value is -1.69. The highest BCUT2D eigenvalue weighted by Gasteiger charge is 2.05. The standard InChI is InChI=1S/C8H9N3O2S/c1-5-2-3-14-6(5)4-10-11-8(13)7(9)12/h2-4H,1H3,(H2,9,12)(H,11,13). The van der Waals surface area contributed by atoms with E-state index in [0.29, 0.717) is 0 Å². The molecule has 6 heteroatoms. The molecule has 14 heavy (non-hydrogen) atoms. The first-order valence-corrected chi connectivity index (χ1v) is 4.66. The van der Waals surface area contributed by atoms with Gasteiger partial charge in [-0.2, -0.15) is 5.10 Å². The molecule has 0 aliphatic carbocycles. The highest BCUT2D eigenvalue weighted by Crippen LogP contribution is 2.11. The third-order valence-corrected chi connectivity index (χ3v) is 2.43. The first-order chi connectivity index (χ1) is 6.61. The Kier molecular flexibility index (Phi) is 3.35. The van der Waals surface area contributed by atoms with Gasteiger partial charge in [0, 0.05) is 4.88 Å². The van der Waals surface area contributed by atoms with E-state index in [4.69, 9.17) is 5.73 Å². The van der Waals surface area contributed by atoms with E-state index < -0.39 is 11.8 Å². The fourth-order valence-corrected chi connectivity index (χ4v) is 1.51. The van der Waals surface area contributed by atoms with Crippen LogP contribution in [0.4, 0.5) is 0 Å². The molecule has 0 fully saturated rings. The number of rotatable bonds is 2. The van der Waals surface area contributed by atoms with Crippen molar-refractivity contribution < 1.29 is 9.59 Å². The van der Waals surface area contributed by atoms with Crippen LogP contribution in [0, 0.1) is 6.92 Å². The van der Waals surface area contributed by atoms with Gasteiger partial charge in [-0.3, -0.25) is 9.59 Å². The number of carbonyl (C=O) groups excluding carboxylic acids is 2. The van der Waals surface area contributed by atoms with Gasteiger partial charge in [0.1, 0.15) is 0 Å². The van der Waals surface area contributed by atoms with Gasteiger partial charge >= 0.3 is 11.8 Å². The number of hydrogen-bond acceptors (Lipinski definition) is 4. The van der Waals surface area contributed by atoms with Crippen molar-refractivity contribution in [1.29, 1.82) is 0 Å². The van der Waals surface area contributed by atoms with Crippen molar-refractivity contribution >= 4 is 29.4 Å². The average molecular weight is 211 g/mol. The summed E-state index contributed by atoms with van der Waals surface area (Å²) in [5.74, 6) is -1.97. The molecular formula is C8H9N3O2S. The normalized spacial score (nSPS) is 10.4. The summed E-state index contributed by atoms with van der Waals surface area (Å²) >= 11 is 1.49. The maximum Gasteiger partial charge on any atom is 0.329 e. The number of nitrogens with two attached hydrogens (primary N) is 1. The Morgan fingerprint density at radius 2 is 2.36 bits per heavy atom. The molecule has 0 bridgehead atoms. The van der Waals surface area contributed by atoms with E-state index in [-0.39, 0.29) is 0 Å². The second-order valence-corrected chi connectivity index (χ2v) is 3.48. The van der Waals surface area contributed by atoms with E-state index in [9.17, 15) is 9.59 Å². The summed E-state index contributed by atoms with van der Waals surface area (Å²) in [7, 11) is 0. The molecule has 1 rings (SSSR count). The molecule has 74 valence electrons. The van der Waals surface area contributed by atoms with Crippen molar-refractivity contribution in [1.82, 2.24) is 5.43 Å². The monoisotopic (exact) mass is 211 g/mol.